The van der Waals surface area contributed by atoms with Crippen molar-refractivity contribution < 1.29 is 8.42 Å². The molecule has 0 amide bonds. The van der Waals surface area contributed by atoms with Crippen LogP contribution in [0.3, 0.4) is 0 Å². The number of anilines is 1. The lowest BCUT2D eigenvalue weighted by Gasteiger charge is -2.34. The summed E-state index contributed by atoms with van der Waals surface area (Å²) in [5, 5.41) is 0.246. The molecule has 1 aliphatic heterocycles. The molecule has 1 saturated heterocycles. The van der Waals surface area contributed by atoms with Crippen molar-refractivity contribution in [3.05, 3.63) is 59.8 Å². The molecule has 8 heteroatoms. The molecule has 0 N–H and O–H groups in total. The number of hydrogen-bond donors (Lipinski definition) is 0. The van der Waals surface area contributed by atoms with Crippen LogP contribution in [0.5, 0.6) is 0 Å². The standard InChI is InChI=1S/C18H17ClN4O2S/c19-14-5-1-4-8-17(14)26(24,25)23-11-9-22(10-12-23)18-13-20-15-6-2-3-7-16(15)21-18/h1-8,13H,9-12H2. The van der Waals surface area contributed by atoms with Gasteiger partial charge in [-0.25, -0.2) is 13.4 Å². The highest BCUT2D eigenvalue weighted by Gasteiger charge is 2.30. The Morgan fingerprint density at radius 2 is 1.54 bits per heavy atom. The number of rotatable bonds is 3. The van der Waals surface area contributed by atoms with Crippen LogP contribution < -0.4 is 4.90 Å². The number of aromatic nitrogens is 2. The molecule has 2 aromatic carbocycles. The van der Waals surface area contributed by atoms with Gasteiger partial charge in [0.15, 0.2) is 0 Å². The van der Waals surface area contributed by atoms with Gasteiger partial charge < -0.3 is 4.90 Å². The molecule has 0 spiro atoms. The zero-order valence-corrected chi connectivity index (χ0v) is 15.5. The zero-order chi connectivity index (χ0) is 18.1. The molecule has 0 radical (unpaired) electrons. The van der Waals surface area contributed by atoms with E-state index in [9.17, 15) is 8.42 Å². The average molecular weight is 389 g/mol. The molecule has 1 aliphatic rings. The van der Waals surface area contributed by atoms with Crippen molar-refractivity contribution in [2.24, 2.45) is 0 Å². The fourth-order valence-corrected chi connectivity index (χ4v) is 4.97. The van der Waals surface area contributed by atoms with Crippen molar-refractivity contribution in [1.82, 2.24) is 14.3 Å². The molecule has 2 heterocycles. The average Bonchev–Trinajstić information content (AvgIpc) is 2.68. The molecular weight excluding hydrogens is 372 g/mol. The molecule has 3 aromatic rings. The molecule has 1 fully saturated rings. The largest absolute Gasteiger partial charge is 0.353 e. The first-order chi connectivity index (χ1) is 12.6. The minimum atomic E-state index is -3.59. The van der Waals surface area contributed by atoms with Gasteiger partial charge in [0.2, 0.25) is 10.0 Å². The van der Waals surface area contributed by atoms with Gasteiger partial charge in [0.05, 0.1) is 22.3 Å². The number of halogens is 1. The fraction of sp³-hybridized carbons (Fsp3) is 0.222. The lowest BCUT2D eigenvalue weighted by atomic mass is 10.3. The Hall–Kier alpha value is -2.22. The Kier molecular flexibility index (Phi) is 4.52. The maximum Gasteiger partial charge on any atom is 0.244 e. The lowest BCUT2D eigenvalue weighted by Crippen LogP contribution is -2.49. The number of sulfonamides is 1. The monoisotopic (exact) mass is 388 g/mol. The van der Waals surface area contributed by atoms with Crippen molar-refractivity contribution in [2.75, 3.05) is 31.1 Å². The van der Waals surface area contributed by atoms with Crippen LogP contribution in [-0.4, -0.2) is 48.9 Å². The van der Waals surface area contributed by atoms with E-state index < -0.39 is 10.0 Å². The van der Waals surface area contributed by atoms with E-state index in [0.717, 1.165) is 16.9 Å². The third-order valence-corrected chi connectivity index (χ3v) is 6.85. The maximum atomic E-state index is 12.8. The van der Waals surface area contributed by atoms with Crippen molar-refractivity contribution in [3.63, 3.8) is 0 Å². The van der Waals surface area contributed by atoms with E-state index in [2.05, 4.69) is 14.9 Å². The van der Waals surface area contributed by atoms with Gasteiger partial charge in [-0.05, 0) is 24.3 Å². The molecule has 134 valence electrons. The van der Waals surface area contributed by atoms with E-state index >= 15 is 0 Å². The molecule has 0 saturated carbocycles. The normalized spacial score (nSPS) is 16.1. The van der Waals surface area contributed by atoms with Crippen LogP contribution in [0.2, 0.25) is 5.02 Å². The number of benzene rings is 2. The highest BCUT2D eigenvalue weighted by molar-refractivity contribution is 7.89. The zero-order valence-electron chi connectivity index (χ0n) is 13.9. The summed E-state index contributed by atoms with van der Waals surface area (Å²) in [4.78, 5) is 11.3. The van der Waals surface area contributed by atoms with Crippen molar-refractivity contribution in [2.45, 2.75) is 4.90 Å². The van der Waals surface area contributed by atoms with Gasteiger partial charge in [-0.15, -0.1) is 0 Å². The molecule has 0 bridgehead atoms. The molecule has 0 atom stereocenters. The SMILES string of the molecule is O=S(=O)(c1ccccc1Cl)N1CCN(c2cnc3ccccc3n2)CC1. The van der Waals surface area contributed by atoms with Crippen LogP contribution in [0, 0.1) is 0 Å². The topological polar surface area (TPSA) is 66.4 Å². The second-order valence-electron chi connectivity index (χ2n) is 6.04. The van der Waals surface area contributed by atoms with Gasteiger partial charge >= 0.3 is 0 Å². The highest BCUT2D eigenvalue weighted by atomic mass is 35.5. The predicted octanol–water partition coefficient (Wildman–Crippen LogP) is 2.79. The van der Waals surface area contributed by atoms with Crippen molar-refractivity contribution in [3.8, 4) is 0 Å². The summed E-state index contributed by atoms with van der Waals surface area (Å²) >= 11 is 6.07. The second-order valence-corrected chi connectivity index (χ2v) is 8.35. The van der Waals surface area contributed by atoms with Gasteiger partial charge in [0, 0.05) is 26.2 Å². The number of para-hydroxylation sites is 2. The summed E-state index contributed by atoms with van der Waals surface area (Å²) in [7, 11) is -3.59. The van der Waals surface area contributed by atoms with Crippen LogP contribution in [0.15, 0.2) is 59.6 Å². The number of hydrogen-bond acceptors (Lipinski definition) is 5. The summed E-state index contributed by atoms with van der Waals surface area (Å²) in [6.45, 7) is 1.86. The quantitative estimate of drug-likeness (QED) is 0.690. The number of nitrogens with zero attached hydrogens (tertiary/aromatic N) is 4. The summed E-state index contributed by atoms with van der Waals surface area (Å²) in [5.41, 5.74) is 1.67. The van der Waals surface area contributed by atoms with Crippen molar-refractivity contribution >= 4 is 38.5 Å². The van der Waals surface area contributed by atoms with E-state index in [1.807, 2.05) is 24.3 Å². The third kappa shape index (κ3) is 3.13. The van der Waals surface area contributed by atoms with Gasteiger partial charge in [-0.2, -0.15) is 4.31 Å². The molecule has 26 heavy (non-hydrogen) atoms. The molecule has 1 aromatic heterocycles. The van der Waals surface area contributed by atoms with E-state index in [4.69, 9.17) is 11.6 Å². The number of fused-ring (bicyclic) bond motifs is 1. The maximum absolute atomic E-state index is 12.8. The lowest BCUT2D eigenvalue weighted by molar-refractivity contribution is 0.384. The molecule has 6 nitrogen and oxygen atoms in total. The molecule has 0 unspecified atom stereocenters. The smallest absolute Gasteiger partial charge is 0.244 e. The highest BCUT2D eigenvalue weighted by Crippen LogP contribution is 2.26. The number of piperazine rings is 1. The van der Waals surface area contributed by atoms with E-state index in [1.165, 1.54) is 4.31 Å². The predicted molar refractivity (Wildman–Crippen MR) is 102 cm³/mol. The Morgan fingerprint density at radius 1 is 0.885 bits per heavy atom. The Bertz CT molecular complexity index is 1050. The third-order valence-electron chi connectivity index (χ3n) is 4.45. The molecule has 4 rings (SSSR count). The first-order valence-electron chi connectivity index (χ1n) is 8.27. The van der Waals surface area contributed by atoms with Gasteiger partial charge in [0.1, 0.15) is 10.7 Å². The van der Waals surface area contributed by atoms with Crippen molar-refractivity contribution in [1.29, 1.82) is 0 Å². The summed E-state index contributed by atoms with van der Waals surface area (Å²) in [5.74, 6) is 0.762. The first-order valence-corrected chi connectivity index (χ1v) is 10.1. The first kappa shape index (κ1) is 17.2. The van der Waals surface area contributed by atoms with Crippen LogP contribution in [-0.2, 0) is 10.0 Å². The fourth-order valence-electron chi connectivity index (χ4n) is 3.05. The molecule has 0 aliphatic carbocycles. The minimum absolute atomic E-state index is 0.153. The molecular formula is C18H17ClN4O2S. The summed E-state index contributed by atoms with van der Waals surface area (Å²) < 4.78 is 27.1. The van der Waals surface area contributed by atoms with E-state index in [1.54, 1.807) is 30.5 Å². The van der Waals surface area contributed by atoms with Crippen LogP contribution in [0.25, 0.3) is 11.0 Å². The van der Waals surface area contributed by atoms with Gasteiger partial charge in [0.25, 0.3) is 0 Å². The summed E-state index contributed by atoms with van der Waals surface area (Å²) in [6.07, 6.45) is 1.74. The Labute approximate surface area is 157 Å². The Morgan fingerprint density at radius 3 is 2.27 bits per heavy atom. The minimum Gasteiger partial charge on any atom is -0.353 e. The van der Waals surface area contributed by atoms with Gasteiger partial charge in [-0.1, -0.05) is 35.9 Å². The van der Waals surface area contributed by atoms with Crippen LogP contribution in [0.4, 0.5) is 5.82 Å². The summed E-state index contributed by atoms with van der Waals surface area (Å²) in [6, 6.07) is 14.2. The van der Waals surface area contributed by atoms with Gasteiger partial charge in [-0.3, -0.25) is 4.98 Å². The Balaban J connectivity index is 1.52. The van der Waals surface area contributed by atoms with Crippen LogP contribution in [0.1, 0.15) is 0 Å². The second kappa shape index (κ2) is 6.83. The van der Waals surface area contributed by atoms with Crippen LogP contribution >= 0.6 is 11.6 Å². The van der Waals surface area contributed by atoms with E-state index in [0.29, 0.717) is 26.2 Å². The van der Waals surface area contributed by atoms with E-state index in [-0.39, 0.29) is 9.92 Å².